The Bertz CT molecular complexity index is 771. The minimum absolute atomic E-state index is 0.198. The molecule has 0 radical (unpaired) electrons. The van der Waals surface area contributed by atoms with Gasteiger partial charge in [-0.2, -0.15) is 5.10 Å². The van der Waals surface area contributed by atoms with E-state index >= 15 is 0 Å². The molecule has 1 aromatic carbocycles. The molecule has 0 aliphatic carbocycles. The molecule has 140 valence electrons. The van der Waals surface area contributed by atoms with Crippen molar-refractivity contribution < 1.29 is 9.90 Å². The minimum atomic E-state index is -0.900. The Labute approximate surface area is 157 Å². The number of aryl methyl sites for hydroxylation is 1. The molecule has 1 aromatic heterocycles. The van der Waals surface area contributed by atoms with Gasteiger partial charge >= 0.3 is 6.03 Å². The van der Waals surface area contributed by atoms with E-state index in [1.54, 1.807) is 10.9 Å². The number of halogens is 1. The number of hydrogen-bond acceptors (Lipinski definition) is 4. The van der Waals surface area contributed by atoms with Crippen LogP contribution in [0.1, 0.15) is 24.0 Å². The van der Waals surface area contributed by atoms with Gasteiger partial charge in [-0.15, -0.1) is 0 Å². The number of β-amino-alcohol motifs (C(OH)–C–C–N with tert-alkyl or cyclic N) is 1. The van der Waals surface area contributed by atoms with Crippen molar-refractivity contribution in [2.24, 2.45) is 0 Å². The molecular formula is C18H24ClN5O2. The number of aliphatic hydroxyl groups is 1. The number of piperidine rings is 1. The van der Waals surface area contributed by atoms with Crippen molar-refractivity contribution in [3.05, 3.63) is 46.6 Å². The molecule has 2 aromatic rings. The van der Waals surface area contributed by atoms with Crippen LogP contribution in [0.5, 0.6) is 0 Å². The summed E-state index contributed by atoms with van der Waals surface area (Å²) < 4.78 is 1.70. The second kappa shape index (κ2) is 8.07. The summed E-state index contributed by atoms with van der Waals surface area (Å²) >= 11 is 6.22. The Morgan fingerprint density at radius 2 is 2.27 bits per heavy atom. The smallest absolute Gasteiger partial charge is 0.320 e. The first-order valence-corrected chi connectivity index (χ1v) is 9.08. The number of anilines is 1. The van der Waals surface area contributed by atoms with Crippen LogP contribution < -0.4 is 16.0 Å². The highest BCUT2D eigenvalue weighted by Crippen LogP contribution is 2.20. The fourth-order valence-corrected chi connectivity index (χ4v) is 3.24. The minimum Gasteiger partial charge on any atom is -0.387 e. The Morgan fingerprint density at radius 3 is 3.00 bits per heavy atom. The van der Waals surface area contributed by atoms with E-state index in [0.29, 0.717) is 30.4 Å². The molecule has 1 aliphatic rings. The summed E-state index contributed by atoms with van der Waals surface area (Å²) in [6, 6.07) is 7.17. The summed E-state index contributed by atoms with van der Waals surface area (Å²) in [5.74, 6) is 0.608. The highest BCUT2D eigenvalue weighted by Gasteiger charge is 2.29. The van der Waals surface area contributed by atoms with E-state index in [1.165, 1.54) is 0 Å². The molecule has 1 unspecified atom stereocenters. The molecule has 26 heavy (non-hydrogen) atoms. The molecule has 7 nitrogen and oxygen atoms in total. The largest absolute Gasteiger partial charge is 0.387 e. The van der Waals surface area contributed by atoms with E-state index in [9.17, 15) is 9.90 Å². The standard InChI is InChI=1S/C18H24ClN5O2/c1-13-9-22-24(10-14-5-2-3-6-15(14)19)16(13)23-17(25)21-12-18(26)7-4-8-20-11-18/h2-3,5-6,9,20,26H,4,7-8,10-12H2,1H3,(H2,21,23,25). The lowest BCUT2D eigenvalue weighted by atomic mass is 9.94. The fraction of sp³-hybridized carbons (Fsp3) is 0.444. The summed E-state index contributed by atoms with van der Waals surface area (Å²) in [5.41, 5.74) is 0.871. The van der Waals surface area contributed by atoms with Crippen LogP contribution >= 0.6 is 11.6 Å². The van der Waals surface area contributed by atoms with Crippen LogP contribution in [-0.2, 0) is 6.54 Å². The van der Waals surface area contributed by atoms with Gasteiger partial charge in [-0.25, -0.2) is 9.48 Å². The second-order valence-corrected chi connectivity index (χ2v) is 7.14. The maximum Gasteiger partial charge on any atom is 0.320 e. The number of hydrogen-bond donors (Lipinski definition) is 4. The summed E-state index contributed by atoms with van der Waals surface area (Å²) in [4.78, 5) is 12.3. The van der Waals surface area contributed by atoms with Gasteiger partial charge in [0, 0.05) is 23.7 Å². The molecule has 8 heteroatoms. The number of nitrogens with one attached hydrogen (secondary N) is 3. The van der Waals surface area contributed by atoms with Crippen molar-refractivity contribution in [1.82, 2.24) is 20.4 Å². The van der Waals surface area contributed by atoms with E-state index in [1.807, 2.05) is 31.2 Å². The maximum atomic E-state index is 12.3. The fourth-order valence-electron chi connectivity index (χ4n) is 3.05. The van der Waals surface area contributed by atoms with Crippen molar-refractivity contribution in [2.75, 3.05) is 25.0 Å². The van der Waals surface area contributed by atoms with Crippen molar-refractivity contribution in [1.29, 1.82) is 0 Å². The van der Waals surface area contributed by atoms with Gasteiger partial charge in [0.15, 0.2) is 0 Å². The van der Waals surface area contributed by atoms with E-state index in [-0.39, 0.29) is 12.6 Å². The molecule has 3 rings (SSSR count). The first kappa shape index (κ1) is 18.7. The molecule has 4 N–H and O–H groups in total. The quantitative estimate of drug-likeness (QED) is 0.642. The van der Waals surface area contributed by atoms with E-state index in [2.05, 4.69) is 21.0 Å². The molecule has 1 aliphatic heterocycles. The number of benzene rings is 1. The van der Waals surface area contributed by atoms with Crippen LogP contribution in [0.2, 0.25) is 5.02 Å². The van der Waals surface area contributed by atoms with Gasteiger partial charge in [-0.05, 0) is 37.9 Å². The second-order valence-electron chi connectivity index (χ2n) is 6.74. The zero-order valence-electron chi connectivity index (χ0n) is 14.8. The van der Waals surface area contributed by atoms with Gasteiger partial charge in [-0.3, -0.25) is 5.32 Å². The third-order valence-corrected chi connectivity index (χ3v) is 4.93. The molecule has 0 bridgehead atoms. The third-order valence-electron chi connectivity index (χ3n) is 4.56. The number of carbonyl (C=O) groups is 1. The first-order valence-electron chi connectivity index (χ1n) is 8.71. The van der Waals surface area contributed by atoms with Crippen molar-refractivity contribution >= 4 is 23.4 Å². The SMILES string of the molecule is Cc1cnn(Cc2ccccc2Cl)c1NC(=O)NCC1(O)CCCNC1. The summed E-state index contributed by atoms with van der Waals surface area (Å²) in [5, 5.41) is 24.2. The van der Waals surface area contributed by atoms with Crippen molar-refractivity contribution in [3.8, 4) is 0 Å². The first-order chi connectivity index (χ1) is 12.5. The predicted octanol–water partition coefficient (Wildman–Crippen LogP) is 2.13. The Kier molecular flexibility index (Phi) is 5.80. The van der Waals surface area contributed by atoms with Crippen LogP contribution in [0.3, 0.4) is 0 Å². The lowest BCUT2D eigenvalue weighted by Crippen LogP contribution is -2.53. The number of carbonyl (C=O) groups excluding carboxylic acids is 1. The lowest BCUT2D eigenvalue weighted by molar-refractivity contribution is 0.0198. The van der Waals surface area contributed by atoms with Gasteiger partial charge in [-0.1, -0.05) is 29.8 Å². The van der Waals surface area contributed by atoms with E-state index < -0.39 is 5.60 Å². The number of urea groups is 1. The summed E-state index contributed by atoms with van der Waals surface area (Å²) in [6.45, 7) is 3.91. The molecule has 2 heterocycles. The average Bonchev–Trinajstić information content (AvgIpc) is 2.96. The van der Waals surface area contributed by atoms with Gasteiger partial charge in [0.05, 0.1) is 18.3 Å². The summed E-state index contributed by atoms with van der Waals surface area (Å²) in [6.07, 6.45) is 3.26. The van der Waals surface area contributed by atoms with Gasteiger partial charge in [0.25, 0.3) is 0 Å². The van der Waals surface area contributed by atoms with Crippen molar-refractivity contribution in [2.45, 2.75) is 31.9 Å². The van der Waals surface area contributed by atoms with E-state index in [0.717, 1.165) is 24.1 Å². The zero-order valence-corrected chi connectivity index (χ0v) is 15.5. The molecule has 1 fully saturated rings. The van der Waals surface area contributed by atoms with Crippen LogP contribution in [-0.4, -0.2) is 46.2 Å². The Morgan fingerprint density at radius 1 is 1.46 bits per heavy atom. The molecular weight excluding hydrogens is 354 g/mol. The lowest BCUT2D eigenvalue weighted by Gasteiger charge is -2.32. The van der Waals surface area contributed by atoms with Gasteiger partial charge < -0.3 is 15.7 Å². The van der Waals surface area contributed by atoms with Crippen LogP contribution in [0, 0.1) is 6.92 Å². The normalized spacial score (nSPS) is 20.0. The molecule has 2 amide bonds. The van der Waals surface area contributed by atoms with Crippen LogP contribution in [0.15, 0.2) is 30.5 Å². The van der Waals surface area contributed by atoms with Gasteiger partial charge in [0.1, 0.15) is 5.82 Å². The molecule has 1 atom stereocenters. The number of aromatic nitrogens is 2. The number of amides is 2. The van der Waals surface area contributed by atoms with Crippen LogP contribution in [0.25, 0.3) is 0 Å². The van der Waals surface area contributed by atoms with E-state index in [4.69, 9.17) is 11.6 Å². The zero-order chi connectivity index (χ0) is 18.6. The average molecular weight is 378 g/mol. The predicted molar refractivity (Wildman–Crippen MR) is 102 cm³/mol. The highest BCUT2D eigenvalue weighted by atomic mass is 35.5. The molecule has 0 saturated carbocycles. The van der Waals surface area contributed by atoms with Crippen molar-refractivity contribution in [3.63, 3.8) is 0 Å². The monoisotopic (exact) mass is 377 g/mol. The van der Waals surface area contributed by atoms with Crippen LogP contribution in [0.4, 0.5) is 10.6 Å². The Hall–Kier alpha value is -2.09. The topological polar surface area (TPSA) is 91.2 Å². The van der Waals surface area contributed by atoms with Gasteiger partial charge in [0.2, 0.25) is 0 Å². The highest BCUT2D eigenvalue weighted by molar-refractivity contribution is 6.31. The Balaban J connectivity index is 1.63. The number of nitrogens with zero attached hydrogens (tertiary/aromatic N) is 2. The maximum absolute atomic E-state index is 12.3. The number of rotatable bonds is 5. The third kappa shape index (κ3) is 4.55. The molecule has 1 saturated heterocycles. The molecule has 0 spiro atoms. The summed E-state index contributed by atoms with van der Waals surface area (Å²) in [7, 11) is 0.